The number of ether oxygens (including phenoxy) is 1. The summed E-state index contributed by atoms with van der Waals surface area (Å²) in [6, 6.07) is 13.9. The van der Waals surface area contributed by atoms with E-state index < -0.39 is 4.92 Å². The van der Waals surface area contributed by atoms with E-state index in [0.29, 0.717) is 22.3 Å². The van der Waals surface area contributed by atoms with E-state index in [1.165, 1.54) is 22.5 Å². The van der Waals surface area contributed by atoms with Gasteiger partial charge in [0.15, 0.2) is 5.82 Å². The van der Waals surface area contributed by atoms with E-state index in [9.17, 15) is 10.1 Å². The highest BCUT2D eigenvalue weighted by Crippen LogP contribution is 2.28. The Morgan fingerprint density at radius 1 is 1.20 bits per heavy atom. The lowest BCUT2D eigenvalue weighted by Gasteiger charge is -2.05. The smallest absolute Gasteiger partial charge is 0.273 e. The van der Waals surface area contributed by atoms with Crippen molar-refractivity contribution < 1.29 is 9.66 Å². The number of nitrogens with two attached hydrogens (primary N) is 1. The fraction of sp³-hybridized carbons (Fsp3) is 0.125. The Morgan fingerprint density at radius 3 is 2.60 bits per heavy atom. The van der Waals surface area contributed by atoms with E-state index in [2.05, 4.69) is 10.2 Å². The largest absolute Gasteiger partial charge is 0.497 e. The van der Waals surface area contributed by atoms with Crippen molar-refractivity contribution in [2.24, 2.45) is 0 Å². The molecule has 3 rings (SSSR count). The molecule has 0 atom stereocenters. The molecular formula is C16H15N5O3S. The van der Waals surface area contributed by atoms with E-state index in [-0.39, 0.29) is 5.69 Å². The predicted molar refractivity (Wildman–Crippen MR) is 94.8 cm³/mol. The summed E-state index contributed by atoms with van der Waals surface area (Å²) < 4.78 is 6.50. The van der Waals surface area contributed by atoms with E-state index in [0.717, 1.165) is 11.3 Å². The minimum Gasteiger partial charge on any atom is -0.497 e. The van der Waals surface area contributed by atoms with Crippen LogP contribution in [0.5, 0.6) is 5.75 Å². The van der Waals surface area contributed by atoms with Crippen molar-refractivity contribution in [3.05, 3.63) is 64.2 Å². The van der Waals surface area contributed by atoms with Crippen molar-refractivity contribution in [3.63, 3.8) is 0 Å². The van der Waals surface area contributed by atoms with Gasteiger partial charge >= 0.3 is 0 Å². The van der Waals surface area contributed by atoms with Crippen LogP contribution in [0.15, 0.2) is 53.7 Å². The van der Waals surface area contributed by atoms with Crippen LogP contribution >= 0.6 is 11.8 Å². The van der Waals surface area contributed by atoms with Crippen molar-refractivity contribution in [2.45, 2.75) is 10.9 Å². The second kappa shape index (κ2) is 7.22. The van der Waals surface area contributed by atoms with Crippen LogP contribution in [0.2, 0.25) is 0 Å². The zero-order valence-electron chi connectivity index (χ0n) is 13.3. The average Bonchev–Trinajstić information content (AvgIpc) is 3.01. The first-order chi connectivity index (χ1) is 12.1. The normalized spacial score (nSPS) is 10.6. The highest BCUT2D eigenvalue weighted by Gasteiger charge is 2.16. The van der Waals surface area contributed by atoms with Gasteiger partial charge in [-0.05, 0) is 24.3 Å². The summed E-state index contributed by atoms with van der Waals surface area (Å²) in [7, 11) is 1.60. The number of hydrogen-bond acceptors (Lipinski definition) is 7. The Morgan fingerprint density at radius 2 is 1.92 bits per heavy atom. The number of nitro groups is 1. The number of nitrogens with zero attached hydrogens (tertiary/aromatic N) is 4. The summed E-state index contributed by atoms with van der Waals surface area (Å²) in [5.74, 6) is 7.68. The van der Waals surface area contributed by atoms with Crippen molar-refractivity contribution in [3.8, 4) is 17.1 Å². The first-order valence-corrected chi connectivity index (χ1v) is 8.28. The Balaban J connectivity index is 1.79. The number of methoxy groups -OCH3 is 1. The fourth-order valence-corrected chi connectivity index (χ4v) is 3.12. The number of nitrogen functional groups attached to an aromatic ring is 1. The van der Waals surface area contributed by atoms with Gasteiger partial charge in [0.05, 0.1) is 12.0 Å². The van der Waals surface area contributed by atoms with Gasteiger partial charge in [0.2, 0.25) is 5.16 Å². The Bertz CT molecular complexity index is 895. The topological polar surface area (TPSA) is 109 Å². The number of benzene rings is 2. The fourth-order valence-electron chi connectivity index (χ4n) is 2.27. The van der Waals surface area contributed by atoms with E-state index in [1.807, 2.05) is 24.3 Å². The summed E-state index contributed by atoms with van der Waals surface area (Å²) in [6.45, 7) is 0. The molecule has 1 heterocycles. The van der Waals surface area contributed by atoms with Gasteiger partial charge in [-0.15, -0.1) is 10.2 Å². The zero-order chi connectivity index (χ0) is 17.8. The molecule has 128 valence electrons. The van der Waals surface area contributed by atoms with E-state index in [1.54, 1.807) is 25.3 Å². The Labute approximate surface area is 147 Å². The number of rotatable bonds is 6. The number of thioether (sulfide) groups is 1. The quantitative estimate of drug-likeness (QED) is 0.313. The third-order valence-electron chi connectivity index (χ3n) is 3.56. The van der Waals surface area contributed by atoms with Gasteiger partial charge in [-0.3, -0.25) is 10.1 Å². The maximum Gasteiger partial charge on any atom is 0.273 e. The van der Waals surface area contributed by atoms with Crippen molar-refractivity contribution in [1.82, 2.24) is 14.9 Å². The monoisotopic (exact) mass is 357 g/mol. The second-order valence-electron chi connectivity index (χ2n) is 5.08. The van der Waals surface area contributed by atoms with Crippen LogP contribution in [0.4, 0.5) is 5.69 Å². The summed E-state index contributed by atoms with van der Waals surface area (Å²) in [4.78, 5) is 10.7. The van der Waals surface area contributed by atoms with Crippen LogP contribution in [-0.2, 0) is 5.75 Å². The van der Waals surface area contributed by atoms with Crippen LogP contribution in [0.25, 0.3) is 11.4 Å². The SMILES string of the molecule is COc1ccc(-c2nnc(SCc3ccccc3[N+](=O)[O-])n2N)cc1. The number of hydrogen-bond donors (Lipinski definition) is 1. The lowest BCUT2D eigenvalue weighted by atomic mass is 10.2. The Hall–Kier alpha value is -3.07. The molecule has 0 aliphatic rings. The first kappa shape index (κ1) is 16.8. The average molecular weight is 357 g/mol. The number of nitro benzene ring substituents is 1. The summed E-state index contributed by atoms with van der Waals surface area (Å²) in [5.41, 5.74) is 1.48. The molecule has 0 saturated heterocycles. The molecule has 8 nitrogen and oxygen atoms in total. The molecule has 25 heavy (non-hydrogen) atoms. The third-order valence-corrected chi connectivity index (χ3v) is 4.55. The molecule has 0 aliphatic heterocycles. The maximum atomic E-state index is 11.1. The van der Waals surface area contributed by atoms with Crippen molar-refractivity contribution in [2.75, 3.05) is 13.0 Å². The molecule has 0 amide bonds. The Kier molecular flexibility index (Phi) is 4.85. The highest BCUT2D eigenvalue weighted by molar-refractivity contribution is 7.98. The molecule has 0 bridgehead atoms. The third kappa shape index (κ3) is 3.56. The lowest BCUT2D eigenvalue weighted by molar-refractivity contribution is -0.385. The maximum absolute atomic E-state index is 11.1. The first-order valence-electron chi connectivity index (χ1n) is 7.30. The van der Waals surface area contributed by atoms with E-state index in [4.69, 9.17) is 10.6 Å². The van der Waals surface area contributed by atoms with Gasteiger partial charge in [-0.25, -0.2) is 4.68 Å². The lowest BCUT2D eigenvalue weighted by Crippen LogP contribution is -2.11. The molecule has 0 fully saturated rings. The van der Waals surface area contributed by atoms with Gasteiger partial charge in [-0.2, -0.15) is 0 Å². The summed E-state index contributed by atoms with van der Waals surface area (Å²) >= 11 is 1.29. The standard InChI is InChI=1S/C16H15N5O3S/c1-24-13-8-6-11(7-9-13)15-18-19-16(20(15)17)25-10-12-4-2-3-5-14(12)21(22)23/h2-9H,10,17H2,1H3. The predicted octanol–water partition coefficient (Wildman–Crippen LogP) is 2.87. The van der Waals surface area contributed by atoms with Crippen LogP contribution in [0, 0.1) is 10.1 Å². The van der Waals surface area contributed by atoms with E-state index >= 15 is 0 Å². The van der Waals surface area contributed by atoms with Crippen molar-refractivity contribution in [1.29, 1.82) is 0 Å². The molecule has 2 aromatic carbocycles. The number of para-hydroxylation sites is 1. The molecule has 2 N–H and O–H groups in total. The highest BCUT2D eigenvalue weighted by atomic mass is 32.2. The van der Waals surface area contributed by atoms with Crippen LogP contribution in [-0.4, -0.2) is 26.9 Å². The molecule has 0 radical (unpaired) electrons. The van der Waals surface area contributed by atoms with Gasteiger partial charge < -0.3 is 10.6 Å². The van der Waals surface area contributed by atoms with Gasteiger partial charge in [0.1, 0.15) is 5.75 Å². The van der Waals surface area contributed by atoms with Crippen LogP contribution < -0.4 is 10.6 Å². The molecular weight excluding hydrogens is 342 g/mol. The summed E-state index contributed by atoms with van der Waals surface area (Å²) in [6.07, 6.45) is 0. The minimum atomic E-state index is -0.397. The van der Waals surface area contributed by atoms with Gasteiger partial charge in [0.25, 0.3) is 5.69 Å². The molecule has 0 aliphatic carbocycles. The number of aromatic nitrogens is 3. The molecule has 9 heteroatoms. The van der Waals surface area contributed by atoms with Gasteiger partial charge in [0, 0.05) is 22.9 Å². The van der Waals surface area contributed by atoms with Crippen molar-refractivity contribution >= 4 is 17.4 Å². The summed E-state index contributed by atoms with van der Waals surface area (Å²) in [5, 5.41) is 19.7. The zero-order valence-corrected chi connectivity index (χ0v) is 14.1. The molecule has 0 spiro atoms. The molecule has 1 aromatic heterocycles. The molecule has 0 unspecified atom stereocenters. The molecule has 0 saturated carbocycles. The van der Waals surface area contributed by atoms with Crippen LogP contribution in [0.3, 0.4) is 0 Å². The van der Waals surface area contributed by atoms with Gasteiger partial charge in [-0.1, -0.05) is 30.0 Å². The molecule has 3 aromatic rings. The van der Waals surface area contributed by atoms with Crippen LogP contribution in [0.1, 0.15) is 5.56 Å². The minimum absolute atomic E-state index is 0.0773. The second-order valence-corrected chi connectivity index (χ2v) is 6.02.